The average molecular weight is 477 g/mol. The molecule has 6 nitrogen and oxygen atoms in total. The second-order valence-electron chi connectivity index (χ2n) is 10.8. The highest BCUT2D eigenvalue weighted by atomic mass is 19.1. The number of halogens is 1. The number of fused-ring (bicyclic) bond motifs is 3. The van der Waals surface area contributed by atoms with Gasteiger partial charge in [-0.25, -0.2) is 4.39 Å². The lowest BCUT2D eigenvalue weighted by Gasteiger charge is -2.31. The van der Waals surface area contributed by atoms with Crippen molar-refractivity contribution < 1.29 is 14.0 Å². The molecule has 1 saturated carbocycles. The largest absolute Gasteiger partial charge is 0.382 e. The van der Waals surface area contributed by atoms with Gasteiger partial charge in [-0.3, -0.25) is 14.2 Å². The molecule has 1 fully saturated rings. The van der Waals surface area contributed by atoms with E-state index >= 15 is 0 Å². The van der Waals surface area contributed by atoms with Crippen molar-refractivity contribution in [2.24, 2.45) is 11.1 Å². The lowest BCUT2D eigenvalue weighted by Crippen LogP contribution is -2.35. The van der Waals surface area contributed by atoms with Crippen molar-refractivity contribution in [2.45, 2.75) is 64.5 Å². The van der Waals surface area contributed by atoms with Crippen molar-refractivity contribution in [3.8, 4) is 11.1 Å². The molecule has 2 aliphatic rings. The van der Waals surface area contributed by atoms with Gasteiger partial charge in [0, 0.05) is 40.8 Å². The van der Waals surface area contributed by atoms with Crippen molar-refractivity contribution in [1.82, 2.24) is 9.88 Å². The van der Waals surface area contributed by atoms with Crippen LogP contribution in [-0.4, -0.2) is 35.5 Å². The highest BCUT2D eigenvalue weighted by molar-refractivity contribution is 6.06. The van der Waals surface area contributed by atoms with E-state index in [4.69, 9.17) is 5.73 Å². The molecule has 5 rings (SSSR count). The first kappa shape index (κ1) is 23.5. The van der Waals surface area contributed by atoms with E-state index in [9.17, 15) is 14.0 Å². The van der Waals surface area contributed by atoms with Crippen LogP contribution in [0, 0.1) is 11.2 Å². The molecule has 1 amide bonds. The van der Waals surface area contributed by atoms with Gasteiger partial charge in [0.15, 0.2) is 0 Å². The van der Waals surface area contributed by atoms with Crippen molar-refractivity contribution in [3.63, 3.8) is 0 Å². The zero-order valence-corrected chi connectivity index (χ0v) is 20.6. The second-order valence-corrected chi connectivity index (χ2v) is 10.8. The van der Waals surface area contributed by atoms with Gasteiger partial charge in [0.2, 0.25) is 5.91 Å². The summed E-state index contributed by atoms with van der Waals surface area (Å²) in [6.07, 6.45) is 5.24. The Kier molecular flexibility index (Phi) is 5.91. The third-order valence-corrected chi connectivity index (χ3v) is 7.62. The summed E-state index contributed by atoms with van der Waals surface area (Å²) in [4.78, 5) is 25.4. The Morgan fingerprint density at radius 1 is 1.06 bits per heavy atom. The molecule has 3 aromatic rings. The minimum Gasteiger partial charge on any atom is -0.382 e. The molecule has 4 N–H and O–H groups in total. The number of hydrogen-bond acceptors (Lipinski definition) is 4. The molecule has 0 saturated heterocycles. The predicted molar refractivity (Wildman–Crippen MR) is 137 cm³/mol. The molecule has 2 heterocycles. The van der Waals surface area contributed by atoms with Crippen molar-refractivity contribution in [3.05, 3.63) is 53.5 Å². The van der Waals surface area contributed by atoms with Crippen LogP contribution in [0.2, 0.25) is 0 Å². The minimum absolute atomic E-state index is 0.0218. The minimum atomic E-state index is -0.481. The fraction of sp³-hybridized carbons (Fsp3) is 0.429. The van der Waals surface area contributed by atoms with Crippen molar-refractivity contribution in [2.75, 3.05) is 12.4 Å². The molecule has 0 atom stereocenters. The van der Waals surface area contributed by atoms with E-state index in [1.54, 1.807) is 16.7 Å². The fourth-order valence-electron chi connectivity index (χ4n) is 5.87. The number of benzene rings is 2. The number of aromatic nitrogens is 1. The van der Waals surface area contributed by atoms with E-state index in [1.807, 2.05) is 19.2 Å². The lowest BCUT2D eigenvalue weighted by atomic mass is 9.80. The van der Waals surface area contributed by atoms with Gasteiger partial charge in [0.25, 0.3) is 5.91 Å². The summed E-state index contributed by atoms with van der Waals surface area (Å²) in [5.74, 6) is -0.873. The maximum Gasteiger partial charge on any atom is 0.250 e. The molecule has 7 heteroatoms. The van der Waals surface area contributed by atoms with Crippen molar-refractivity contribution >= 4 is 28.4 Å². The molecule has 1 aliphatic carbocycles. The molecule has 0 spiro atoms. The lowest BCUT2D eigenvalue weighted by molar-refractivity contribution is 0.0816. The highest BCUT2D eigenvalue weighted by Crippen LogP contribution is 2.43. The molecular weight excluding hydrogens is 443 g/mol. The summed E-state index contributed by atoms with van der Waals surface area (Å²) in [6.45, 7) is 4.17. The first-order valence-electron chi connectivity index (χ1n) is 12.4. The Morgan fingerprint density at radius 3 is 2.46 bits per heavy atom. The van der Waals surface area contributed by atoms with Crippen LogP contribution in [-0.2, 0) is 6.42 Å². The summed E-state index contributed by atoms with van der Waals surface area (Å²) in [6, 6.07) is 11.0. The standard InChI is InChI=1S/C28H33FN4O2/c1-28(2)14-24-26(21-11-5-17(29)13-23(21)33(24)25(34)15-28)16-4-10-20(27(30)35)22(12-16)32-19-8-6-18(31-3)7-9-19/h4-5,10-13,18-19,31-32H,6-9,14-15H2,1-3H3,(H2,30,35). The number of nitrogens with two attached hydrogens (primary N) is 1. The number of nitrogens with one attached hydrogen (secondary N) is 2. The van der Waals surface area contributed by atoms with Crippen LogP contribution in [0.4, 0.5) is 10.1 Å². The average Bonchev–Trinajstić information content (AvgIpc) is 3.11. The normalized spacial score (nSPS) is 21.7. The number of carbonyl (C=O) groups excluding carboxylic acids is 2. The topological polar surface area (TPSA) is 89.2 Å². The molecule has 2 aromatic carbocycles. The second kappa shape index (κ2) is 8.79. The Labute approximate surface area is 205 Å². The Balaban J connectivity index is 1.63. The van der Waals surface area contributed by atoms with Gasteiger partial charge in [-0.05, 0) is 80.5 Å². The quantitative estimate of drug-likeness (QED) is 0.478. The third kappa shape index (κ3) is 4.33. The summed E-state index contributed by atoms with van der Waals surface area (Å²) in [5, 5.41) is 7.76. The summed E-state index contributed by atoms with van der Waals surface area (Å²) >= 11 is 0. The molecule has 0 radical (unpaired) electrons. The van der Waals surface area contributed by atoms with Crippen molar-refractivity contribution in [1.29, 1.82) is 0 Å². The number of hydrogen-bond donors (Lipinski definition) is 3. The van der Waals surface area contributed by atoms with E-state index in [1.165, 1.54) is 12.1 Å². The zero-order valence-electron chi connectivity index (χ0n) is 20.6. The van der Waals surface area contributed by atoms with Gasteiger partial charge in [-0.15, -0.1) is 0 Å². The molecule has 0 bridgehead atoms. The number of rotatable bonds is 5. The van der Waals surface area contributed by atoms with Crippen LogP contribution >= 0.6 is 0 Å². The van der Waals surface area contributed by atoms with Gasteiger partial charge in [0.05, 0.1) is 11.1 Å². The van der Waals surface area contributed by atoms with Crippen LogP contribution < -0.4 is 16.4 Å². The Hall–Kier alpha value is -3.19. The number of amides is 1. The number of primary amides is 1. The number of carbonyl (C=O) groups is 2. The molecular formula is C28H33FN4O2. The van der Waals surface area contributed by atoms with E-state index in [2.05, 4.69) is 24.5 Å². The Morgan fingerprint density at radius 2 is 1.77 bits per heavy atom. The SMILES string of the molecule is CNC1CCC(Nc2cc(-c3c4n(c5cc(F)ccc35)C(=O)CC(C)(C)C4)ccc2C(N)=O)CC1. The summed E-state index contributed by atoms with van der Waals surface area (Å²) in [5.41, 5.74) is 9.96. The van der Waals surface area contributed by atoms with Crippen LogP contribution in [0.15, 0.2) is 36.4 Å². The third-order valence-electron chi connectivity index (χ3n) is 7.62. The fourth-order valence-corrected chi connectivity index (χ4v) is 5.87. The highest BCUT2D eigenvalue weighted by Gasteiger charge is 2.35. The Bertz CT molecular complexity index is 1320. The molecule has 184 valence electrons. The molecule has 35 heavy (non-hydrogen) atoms. The van der Waals surface area contributed by atoms with E-state index in [0.29, 0.717) is 35.7 Å². The van der Waals surface area contributed by atoms with Crippen LogP contribution in [0.5, 0.6) is 0 Å². The maximum atomic E-state index is 14.2. The zero-order chi connectivity index (χ0) is 24.9. The van der Waals surface area contributed by atoms with Crippen LogP contribution in [0.3, 0.4) is 0 Å². The van der Waals surface area contributed by atoms with E-state index in [-0.39, 0.29) is 23.2 Å². The van der Waals surface area contributed by atoms with Gasteiger partial charge in [0.1, 0.15) is 5.82 Å². The van der Waals surface area contributed by atoms with Crippen LogP contribution in [0.1, 0.15) is 66.8 Å². The number of nitrogens with zero attached hydrogens (tertiary/aromatic N) is 1. The maximum absolute atomic E-state index is 14.2. The van der Waals surface area contributed by atoms with Crippen LogP contribution in [0.25, 0.3) is 22.0 Å². The van der Waals surface area contributed by atoms with Gasteiger partial charge >= 0.3 is 0 Å². The van der Waals surface area contributed by atoms with Gasteiger partial charge in [-0.2, -0.15) is 0 Å². The van der Waals surface area contributed by atoms with Gasteiger partial charge < -0.3 is 16.4 Å². The van der Waals surface area contributed by atoms with E-state index < -0.39 is 5.91 Å². The molecule has 0 unspecified atom stereocenters. The summed E-state index contributed by atoms with van der Waals surface area (Å²) < 4.78 is 15.9. The first-order valence-corrected chi connectivity index (χ1v) is 12.4. The predicted octanol–water partition coefficient (Wildman–Crippen LogP) is 5.10. The monoisotopic (exact) mass is 476 g/mol. The number of anilines is 1. The summed E-state index contributed by atoms with van der Waals surface area (Å²) in [7, 11) is 1.99. The first-order chi connectivity index (χ1) is 16.7. The molecule has 1 aliphatic heterocycles. The van der Waals surface area contributed by atoms with E-state index in [0.717, 1.165) is 47.9 Å². The smallest absolute Gasteiger partial charge is 0.250 e. The van der Waals surface area contributed by atoms with Gasteiger partial charge in [-0.1, -0.05) is 19.9 Å². The molecule has 1 aromatic heterocycles.